The molecule has 136 valence electrons. The van der Waals surface area contributed by atoms with Crippen molar-refractivity contribution in [2.45, 2.75) is 38.5 Å². The molecule has 1 aliphatic carbocycles. The highest BCUT2D eigenvalue weighted by molar-refractivity contribution is 6.30. The smallest absolute Gasteiger partial charge is 0.310 e. The Kier molecular flexibility index (Phi) is 5.42. The van der Waals surface area contributed by atoms with Gasteiger partial charge in [0.1, 0.15) is 11.6 Å². The number of carbonyl (C=O) groups excluding carboxylic acids is 1. The Balaban J connectivity index is 1.85. The normalized spacial score (nSPS) is 15.8. The molecular formula is C21H20ClFO3. The summed E-state index contributed by atoms with van der Waals surface area (Å²) in [5.74, 6) is -1.32. The molecule has 26 heavy (non-hydrogen) atoms. The second-order valence-electron chi connectivity index (χ2n) is 6.99. The number of rotatable bonds is 6. The summed E-state index contributed by atoms with van der Waals surface area (Å²) in [5.41, 5.74) is 1.40. The van der Waals surface area contributed by atoms with Crippen molar-refractivity contribution in [3.63, 3.8) is 0 Å². The third-order valence-corrected chi connectivity index (χ3v) is 5.40. The van der Waals surface area contributed by atoms with Gasteiger partial charge in [-0.3, -0.25) is 9.59 Å². The maximum atomic E-state index is 13.2. The SMILES string of the molecule is O=C(Cc1cc(Cl)ccc1-c1ccc(F)cc1)CC1(C(=O)O)CCCC1. The highest BCUT2D eigenvalue weighted by Gasteiger charge is 2.42. The minimum absolute atomic E-state index is 0.0394. The molecule has 1 saturated carbocycles. The zero-order valence-electron chi connectivity index (χ0n) is 14.3. The minimum Gasteiger partial charge on any atom is -0.481 e. The summed E-state index contributed by atoms with van der Waals surface area (Å²) in [4.78, 5) is 24.3. The average Bonchev–Trinajstić information content (AvgIpc) is 3.06. The van der Waals surface area contributed by atoms with E-state index in [1.54, 1.807) is 30.3 Å². The second-order valence-corrected chi connectivity index (χ2v) is 7.43. The van der Waals surface area contributed by atoms with E-state index in [4.69, 9.17) is 11.6 Å². The highest BCUT2D eigenvalue weighted by atomic mass is 35.5. The first-order valence-corrected chi connectivity index (χ1v) is 9.07. The fraction of sp³-hybridized carbons (Fsp3) is 0.333. The van der Waals surface area contributed by atoms with Crippen LogP contribution in [0.3, 0.4) is 0 Å². The molecule has 0 unspecified atom stereocenters. The Labute approximate surface area is 156 Å². The number of hydrogen-bond acceptors (Lipinski definition) is 2. The number of benzene rings is 2. The third kappa shape index (κ3) is 3.96. The van der Waals surface area contributed by atoms with Crippen LogP contribution in [0.25, 0.3) is 11.1 Å². The van der Waals surface area contributed by atoms with E-state index in [0.29, 0.717) is 17.9 Å². The van der Waals surface area contributed by atoms with Crippen LogP contribution in [0.5, 0.6) is 0 Å². The van der Waals surface area contributed by atoms with Crippen LogP contribution < -0.4 is 0 Å². The molecule has 2 aromatic carbocycles. The average molecular weight is 375 g/mol. The van der Waals surface area contributed by atoms with Gasteiger partial charge in [-0.1, -0.05) is 42.6 Å². The van der Waals surface area contributed by atoms with Gasteiger partial charge < -0.3 is 5.11 Å². The zero-order chi connectivity index (χ0) is 18.7. The first-order valence-electron chi connectivity index (χ1n) is 8.69. The largest absolute Gasteiger partial charge is 0.481 e. The van der Waals surface area contributed by atoms with Crippen LogP contribution in [0.2, 0.25) is 5.02 Å². The van der Waals surface area contributed by atoms with E-state index in [1.807, 2.05) is 0 Å². The van der Waals surface area contributed by atoms with Crippen molar-refractivity contribution < 1.29 is 19.1 Å². The van der Waals surface area contributed by atoms with Crippen LogP contribution in [0, 0.1) is 11.2 Å². The lowest BCUT2D eigenvalue weighted by atomic mass is 9.80. The number of hydrogen-bond donors (Lipinski definition) is 1. The van der Waals surface area contributed by atoms with E-state index in [2.05, 4.69) is 0 Å². The van der Waals surface area contributed by atoms with E-state index < -0.39 is 11.4 Å². The van der Waals surface area contributed by atoms with Crippen LogP contribution in [-0.4, -0.2) is 16.9 Å². The molecule has 1 aliphatic rings. The van der Waals surface area contributed by atoms with Gasteiger partial charge in [0.15, 0.2) is 0 Å². The van der Waals surface area contributed by atoms with Crippen LogP contribution in [0.15, 0.2) is 42.5 Å². The summed E-state index contributed by atoms with van der Waals surface area (Å²) in [6.45, 7) is 0. The summed E-state index contributed by atoms with van der Waals surface area (Å²) in [5, 5.41) is 10.1. The number of carboxylic acid groups (broad SMARTS) is 1. The Bertz CT molecular complexity index is 824. The molecule has 5 heteroatoms. The molecule has 0 heterocycles. The molecule has 0 aromatic heterocycles. The summed E-state index contributed by atoms with van der Waals surface area (Å²) >= 11 is 6.10. The summed E-state index contributed by atoms with van der Waals surface area (Å²) in [6.07, 6.45) is 2.94. The molecule has 0 amide bonds. The predicted molar refractivity (Wildman–Crippen MR) is 98.7 cm³/mol. The van der Waals surface area contributed by atoms with Gasteiger partial charge in [-0.25, -0.2) is 4.39 Å². The zero-order valence-corrected chi connectivity index (χ0v) is 15.1. The van der Waals surface area contributed by atoms with E-state index in [9.17, 15) is 19.1 Å². The second kappa shape index (κ2) is 7.58. The molecule has 0 spiro atoms. The summed E-state index contributed by atoms with van der Waals surface area (Å²) in [7, 11) is 0. The fourth-order valence-electron chi connectivity index (χ4n) is 3.79. The molecule has 3 nitrogen and oxygen atoms in total. The monoisotopic (exact) mass is 374 g/mol. The lowest BCUT2D eigenvalue weighted by molar-refractivity contribution is -0.151. The van der Waals surface area contributed by atoms with Gasteiger partial charge in [-0.05, 0) is 53.8 Å². The van der Waals surface area contributed by atoms with Gasteiger partial charge >= 0.3 is 5.97 Å². The van der Waals surface area contributed by atoms with Crippen LogP contribution in [0.4, 0.5) is 4.39 Å². The summed E-state index contributed by atoms with van der Waals surface area (Å²) in [6, 6.07) is 11.3. The van der Waals surface area contributed by atoms with E-state index in [-0.39, 0.29) is 24.4 Å². The molecule has 1 N–H and O–H groups in total. The van der Waals surface area contributed by atoms with Gasteiger partial charge in [0.05, 0.1) is 5.41 Å². The van der Waals surface area contributed by atoms with E-state index >= 15 is 0 Å². The molecule has 2 aromatic rings. The number of Topliss-reactive ketones (excluding diaryl/α,β-unsaturated/α-hetero) is 1. The van der Waals surface area contributed by atoms with Crippen molar-refractivity contribution in [3.8, 4) is 11.1 Å². The van der Waals surface area contributed by atoms with Gasteiger partial charge in [-0.2, -0.15) is 0 Å². The highest BCUT2D eigenvalue weighted by Crippen LogP contribution is 2.42. The van der Waals surface area contributed by atoms with Gasteiger partial charge in [-0.15, -0.1) is 0 Å². The molecule has 0 atom stereocenters. The van der Waals surface area contributed by atoms with Crippen LogP contribution in [-0.2, 0) is 16.0 Å². The van der Waals surface area contributed by atoms with Crippen molar-refractivity contribution in [3.05, 3.63) is 58.9 Å². The van der Waals surface area contributed by atoms with Gasteiger partial charge in [0, 0.05) is 17.9 Å². The molecule has 1 fully saturated rings. The lowest BCUT2D eigenvalue weighted by Crippen LogP contribution is -2.31. The molecular weight excluding hydrogens is 355 g/mol. The third-order valence-electron chi connectivity index (χ3n) is 5.16. The number of halogens is 2. The first kappa shape index (κ1) is 18.6. The van der Waals surface area contributed by atoms with Crippen LogP contribution in [0.1, 0.15) is 37.7 Å². The van der Waals surface area contributed by atoms with E-state index in [1.165, 1.54) is 12.1 Å². The number of ketones is 1. The van der Waals surface area contributed by atoms with Crippen molar-refractivity contribution in [2.24, 2.45) is 5.41 Å². The van der Waals surface area contributed by atoms with E-state index in [0.717, 1.165) is 29.5 Å². The molecule has 0 saturated heterocycles. The topological polar surface area (TPSA) is 54.4 Å². The van der Waals surface area contributed by atoms with Crippen molar-refractivity contribution in [1.82, 2.24) is 0 Å². The lowest BCUT2D eigenvalue weighted by Gasteiger charge is -2.23. The number of carboxylic acids is 1. The molecule has 3 rings (SSSR count). The van der Waals surface area contributed by atoms with Gasteiger partial charge in [0.2, 0.25) is 0 Å². The Hall–Kier alpha value is -2.20. The van der Waals surface area contributed by atoms with Crippen molar-refractivity contribution >= 4 is 23.4 Å². The Morgan fingerprint density at radius 1 is 1.08 bits per heavy atom. The molecule has 0 aliphatic heterocycles. The predicted octanol–water partition coefficient (Wildman–Crippen LogP) is 5.29. The quantitative estimate of drug-likeness (QED) is 0.747. The Morgan fingerprint density at radius 2 is 1.73 bits per heavy atom. The number of aliphatic carboxylic acids is 1. The fourth-order valence-corrected chi connectivity index (χ4v) is 3.98. The maximum absolute atomic E-state index is 13.2. The first-order chi connectivity index (χ1) is 12.4. The maximum Gasteiger partial charge on any atom is 0.310 e. The van der Waals surface area contributed by atoms with Gasteiger partial charge in [0.25, 0.3) is 0 Å². The standard InChI is InChI=1S/C21H20ClFO3/c22-16-5-8-19(14-3-6-17(23)7-4-14)15(11-16)12-18(24)13-21(20(25)26)9-1-2-10-21/h3-8,11H,1-2,9-10,12-13H2,(H,25,26). The molecule has 0 radical (unpaired) electrons. The minimum atomic E-state index is -0.925. The number of carbonyl (C=O) groups is 2. The molecule has 0 bridgehead atoms. The summed E-state index contributed by atoms with van der Waals surface area (Å²) < 4.78 is 13.2. The Morgan fingerprint density at radius 3 is 2.35 bits per heavy atom. The van der Waals surface area contributed by atoms with Crippen molar-refractivity contribution in [1.29, 1.82) is 0 Å². The van der Waals surface area contributed by atoms with Crippen molar-refractivity contribution in [2.75, 3.05) is 0 Å². The van der Waals surface area contributed by atoms with Crippen LogP contribution >= 0.6 is 11.6 Å².